The molecule has 5 fully saturated rings. The molecule has 1 amide bonds. The highest BCUT2D eigenvalue weighted by molar-refractivity contribution is 7.89. The fraction of sp³-hybridized carbons (Fsp3) is 0.667. The van der Waals surface area contributed by atoms with Gasteiger partial charge in [0.15, 0.2) is 0 Å². The summed E-state index contributed by atoms with van der Waals surface area (Å²) in [5.74, 6) is 1.89. The van der Waals surface area contributed by atoms with Crippen LogP contribution in [0.25, 0.3) is 0 Å². The monoisotopic (exact) mass is 438 g/mol. The van der Waals surface area contributed by atoms with Gasteiger partial charge >= 0.3 is 0 Å². The zero-order chi connectivity index (χ0) is 20.2. The molecule has 1 aromatic carbocycles. The first-order valence-corrected chi connectivity index (χ1v) is 12.4. The average molecular weight is 439 g/mol. The van der Waals surface area contributed by atoms with Crippen LogP contribution >= 0.6 is 11.6 Å². The summed E-state index contributed by atoms with van der Waals surface area (Å²) in [5.41, 5.74) is 0.102. The predicted octanol–water partition coefficient (Wildman–Crippen LogP) is 3.06. The van der Waals surface area contributed by atoms with Crippen LogP contribution in [-0.2, 0) is 14.8 Å². The highest BCUT2D eigenvalue weighted by atomic mass is 35.5. The second-order valence-corrected chi connectivity index (χ2v) is 11.7. The molecule has 158 valence electrons. The van der Waals surface area contributed by atoms with Crippen molar-refractivity contribution in [2.75, 3.05) is 26.3 Å². The lowest BCUT2D eigenvalue weighted by Gasteiger charge is -2.56. The minimum absolute atomic E-state index is 0.111. The topological polar surface area (TPSA) is 75.7 Å². The zero-order valence-corrected chi connectivity index (χ0v) is 18.0. The van der Waals surface area contributed by atoms with Crippen molar-refractivity contribution in [3.05, 3.63) is 28.8 Å². The van der Waals surface area contributed by atoms with Gasteiger partial charge in [-0.25, -0.2) is 8.42 Å². The number of nitrogens with one attached hydrogen (secondary N) is 1. The van der Waals surface area contributed by atoms with Crippen LogP contribution in [0.1, 0.15) is 48.9 Å². The van der Waals surface area contributed by atoms with Gasteiger partial charge in [0, 0.05) is 18.6 Å². The lowest BCUT2D eigenvalue weighted by atomic mass is 9.53. The third-order valence-electron chi connectivity index (χ3n) is 7.21. The van der Waals surface area contributed by atoms with E-state index in [-0.39, 0.29) is 26.9 Å². The van der Waals surface area contributed by atoms with Crippen molar-refractivity contribution in [3.63, 3.8) is 0 Å². The maximum Gasteiger partial charge on any atom is 0.253 e. The highest BCUT2D eigenvalue weighted by Gasteiger charge is 2.51. The second-order valence-electron chi connectivity index (χ2n) is 9.31. The Labute approximate surface area is 177 Å². The van der Waals surface area contributed by atoms with Crippen molar-refractivity contribution >= 4 is 27.5 Å². The van der Waals surface area contributed by atoms with Gasteiger partial charge in [-0.15, -0.1) is 0 Å². The smallest absolute Gasteiger partial charge is 0.253 e. The van der Waals surface area contributed by atoms with Gasteiger partial charge in [-0.2, -0.15) is 4.31 Å². The Hall–Kier alpha value is -1.15. The van der Waals surface area contributed by atoms with Crippen LogP contribution in [0.2, 0.25) is 5.02 Å². The van der Waals surface area contributed by atoms with Crippen molar-refractivity contribution in [3.8, 4) is 0 Å². The van der Waals surface area contributed by atoms with Gasteiger partial charge in [-0.3, -0.25) is 4.79 Å². The molecule has 1 aromatic rings. The SMILES string of the molecule is O=C(NC12CC3CC(CC(C3)C1)C2)c1cc(S(=O)(=O)N2CCOCC2)ccc1Cl. The standard InChI is InChI=1S/C21H27ClN2O4S/c22-19-2-1-17(29(26,27)24-3-5-28-6-4-24)10-18(19)20(25)23-21-11-14-7-15(12-21)9-16(8-14)13-21/h1-2,10,14-16H,3-9,11-13H2,(H,23,25). The Bertz CT molecular complexity index is 891. The molecule has 0 aromatic heterocycles. The van der Waals surface area contributed by atoms with Crippen LogP contribution in [-0.4, -0.2) is 50.5 Å². The van der Waals surface area contributed by atoms with Gasteiger partial charge in [0.25, 0.3) is 5.91 Å². The fourth-order valence-electron chi connectivity index (χ4n) is 6.35. The van der Waals surface area contributed by atoms with Crippen molar-refractivity contribution in [1.82, 2.24) is 9.62 Å². The number of rotatable bonds is 4. The number of sulfonamides is 1. The van der Waals surface area contributed by atoms with Crippen LogP contribution in [0, 0.1) is 17.8 Å². The summed E-state index contributed by atoms with van der Waals surface area (Å²) in [6.45, 7) is 1.40. The van der Waals surface area contributed by atoms with E-state index in [4.69, 9.17) is 16.3 Å². The second kappa shape index (κ2) is 7.22. The molecule has 1 N–H and O–H groups in total. The minimum Gasteiger partial charge on any atom is -0.379 e. The first-order chi connectivity index (χ1) is 13.8. The molecule has 4 bridgehead atoms. The zero-order valence-electron chi connectivity index (χ0n) is 16.4. The number of benzene rings is 1. The quantitative estimate of drug-likeness (QED) is 0.783. The molecule has 6 rings (SSSR count). The summed E-state index contributed by atoms with van der Waals surface area (Å²) in [4.78, 5) is 13.3. The van der Waals surface area contributed by atoms with Crippen molar-refractivity contribution in [2.24, 2.45) is 17.8 Å². The molecule has 29 heavy (non-hydrogen) atoms. The molecule has 0 radical (unpaired) electrons. The normalized spacial score (nSPS) is 34.3. The summed E-state index contributed by atoms with van der Waals surface area (Å²) < 4.78 is 32.6. The molecule has 4 saturated carbocycles. The maximum absolute atomic E-state index is 13.2. The van der Waals surface area contributed by atoms with E-state index >= 15 is 0 Å². The Morgan fingerprint density at radius 1 is 1.07 bits per heavy atom. The van der Waals surface area contributed by atoms with Crippen LogP contribution < -0.4 is 5.32 Å². The molecule has 4 aliphatic carbocycles. The number of carbonyl (C=O) groups excluding carboxylic acids is 1. The highest BCUT2D eigenvalue weighted by Crippen LogP contribution is 2.55. The van der Waals surface area contributed by atoms with E-state index in [9.17, 15) is 13.2 Å². The maximum atomic E-state index is 13.2. The molecule has 1 saturated heterocycles. The van der Waals surface area contributed by atoms with Gasteiger partial charge in [-0.05, 0) is 74.5 Å². The van der Waals surface area contributed by atoms with E-state index in [0.29, 0.717) is 44.1 Å². The van der Waals surface area contributed by atoms with Crippen LogP contribution in [0.3, 0.4) is 0 Å². The van der Waals surface area contributed by atoms with Gasteiger partial charge in [0.1, 0.15) is 0 Å². The minimum atomic E-state index is -3.67. The number of amides is 1. The number of halogens is 1. The molecule has 5 aliphatic rings. The van der Waals surface area contributed by atoms with E-state index in [2.05, 4.69) is 5.32 Å². The Morgan fingerprint density at radius 3 is 2.24 bits per heavy atom. The number of ether oxygens (including phenoxy) is 1. The van der Waals surface area contributed by atoms with Crippen molar-refractivity contribution in [2.45, 2.75) is 49.0 Å². The molecule has 8 heteroatoms. The van der Waals surface area contributed by atoms with Gasteiger partial charge in [0.2, 0.25) is 10.0 Å². The number of nitrogens with zero attached hydrogens (tertiary/aromatic N) is 1. The first kappa shape index (κ1) is 19.8. The Balaban J connectivity index is 1.39. The summed E-state index contributed by atoms with van der Waals surface area (Å²) in [6.07, 6.45) is 6.99. The third kappa shape index (κ3) is 3.60. The molecule has 1 heterocycles. The molecule has 0 atom stereocenters. The first-order valence-electron chi connectivity index (χ1n) is 10.5. The number of carbonyl (C=O) groups is 1. The van der Waals surface area contributed by atoms with E-state index in [1.165, 1.54) is 41.8 Å². The molecule has 1 aliphatic heterocycles. The van der Waals surface area contributed by atoms with E-state index < -0.39 is 10.0 Å². The summed E-state index contributed by atoms with van der Waals surface area (Å²) >= 11 is 6.32. The lowest BCUT2D eigenvalue weighted by Crippen LogP contribution is -2.59. The molecular formula is C21H27ClN2O4S. The molecular weight excluding hydrogens is 412 g/mol. The van der Waals surface area contributed by atoms with Gasteiger partial charge < -0.3 is 10.1 Å². The van der Waals surface area contributed by atoms with Crippen LogP contribution in [0.15, 0.2) is 23.1 Å². The van der Waals surface area contributed by atoms with E-state index in [0.717, 1.165) is 19.3 Å². The molecule has 0 spiro atoms. The summed E-state index contributed by atoms with van der Waals surface area (Å²) in [6, 6.07) is 4.43. The van der Waals surface area contributed by atoms with Crippen molar-refractivity contribution < 1.29 is 17.9 Å². The number of morpholine rings is 1. The molecule has 0 unspecified atom stereocenters. The largest absolute Gasteiger partial charge is 0.379 e. The average Bonchev–Trinajstić information content (AvgIpc) is 2.67. The van der Waals surface area contributed by atoms with E-state index in [1.807, 2.05) is 0 Å². The van der Waals surface area contributed by atoms with Crippen LogP contribution in [0.4, 0.5) is 0 Å². The number of hydrogen-bond donors (Lipinski definition) is 1. The predicted molar refractivity (Wildman–Crippen MR) is 109 cm³/mol. The van der Waals surface area contributed by atoms with Crippen molar-refractivity contribution in [1.29, 1.82) is 0 Å². The van der Waals surface area contributed by atoms with Crippen LogP contribution in [0.5, 0.6) is 0 Å². The summed E-state index contributed by atoms with van der Waals surface area (Å²) in [7, 11) is -3.67. The summed E-state index contributed by atoms with van der Waals surface area (Å²) in [5, 5.41) is 3.57. The lowest BCUT2D eigenvalue weighted by molar-refractivity contribution is -0.0167. The van der Waals surface area contributed by atoms with Gasteiger partial charge in [-0.1, -0.05) is 11.6 Å². The Kier molecular flexibility index (Phi) is 4.93. The molecule has 6 nitrogen and oxygen atoms in total. The Morgan fingerprint density at radius 2 is 1.66 bits per heavy atom. The fourth-order valence-corrected chi connectivity index (χ4v) is 7.98. The van der Waals surface area contributed by atoms with Gasteiger partial charge in [0.05, 0.1) is 28.7 Å². The van der Waals surface area contributed by atoms with E-state index in [1.54, 1.807) is 0 Å². The number of hydrogen-bond acceptors (Lipinski definition) is 4. The third-order valence-corrected chi connectivity index (χ3v) is 9.43.